The summed E-state index contributed by atoms with van der Waals surface area (Å²) >= 11 is 0. The average molecular weight is 228 g/mol. The molecular formula is C13H16N4. The van der Waals surface area contributed by atoms with Gasteiger partial charge < -0.3 is 5.32 Å². The molecule has 0 aromatic carbocycles. The molecule has 0 bridgehead atoms. The quantitative estimate of drug-likeness (QED) is 0.771. The molecule has 0 fully saturated rings. The zero-order valence-electron chi connectivity index (χ0n) is 9.85. The molecule has 0 aliphatic heterocycles. The first-order chi connectivity index (χ1) is 8.31. The van der Waals surface area contributed by atoms with Crippen LogP contribution in [0.4, 0.5) is 0 Å². The second-order valence-corrected chi connectivity index (χ2v) is 3.92. The monoisotopic (exact) mass is 228 g/mol. The van der Waals surface area contributed by atoms with Crippen molar-refractivity contribution >= 4 is 0 Å². The highest BCUT2D eigenvalue weighted by atomic mass is 15.1. The van der Waals surface area contributed by atoms with Crippen LogP contribution in [0.2, 0.25) is 0 Å². The van der Waals surface area contributed by atoms with Crippen LogP contribution in [0.25, 0.3) is 11.3 Å². The molecule has 4 nitrogen and oxygen atoms in total. The van der Waals surface area contributed by atoms with Crippen LogP contribution in [0.15, 0.2) is 43.4 Å². The van der Waals surface area contributed by atoms with Gasteiger partial charge in [-0.15, -0.1) is 6.58 Å². The summed E-state index contributed by atoms with van der Waals surface area (Å²) in [7, 11) is 0. The maximum absolute atomic E-state index is 4.11. The highest BCUT2D eigenvalue weighted by Crippen LogP contribution is 2.19. The fourth-order valence-corrected chi connectivity index (χ4v) is 1.56. The van der Waals surface area contributed by atoms with Crippen LogP contribution >= 0.6 is 0 Å². The molecule has 0 aliphatic carbocycles. The standard InChI is InChI=1S/C13H16N4/c1-3-10(2)15-8-12-9-16-17-13(12)11-5-4-6-14-7-11/h3-7,9-10,15H,1,8H2,2H3,(H,16,17). The number of nitrogens with one attached hydrogen (secondary N) is 2. The molecule has 1 atom stereocenters. The predicted octanol–water partition coefficient (Wildman–Crippen LogP) is 2.14. The number of nitrogens with zero attached hydrogens (tertiary/aromatic N) is 2. The number of aromatic nitrogens is 3. The van der Waals surface area contributed by atoms with Crippen molar-refractivity contribution in [2.45, 2.75) is 19.5 Å². The van der Waals surface area contributed by atoms with Gasteiger partial charge in [-0.1, -0.05) is 6.08 Å². The Balaban J connectivity index is 2.15. The van der Waals surface area contributed by atoms with Gasteiger partial charge >= 0.3 is 0 Å². The Morgan fingerprint density at radius 1 is 1.53 bits per heavy atom. The van der Waals surface area contributed by atoms with Crippen molar-refractivity contribution in [1.82, 2.24) is 20.5 Å². The minimum atomic E-state index is 0.284. The van der Waals surface area contributed by atoms with Gasteiger partial charge in [0.1, 0.15) is 0 Å². The molecule has 2 heterocycles. The van der Waals surface area contributed by atoms with Gasteiger partial charge in [0.2, 0.25) is 0 Å². The number of hydrogen-bond donors (Lipinski definition) is 2. The van der Waals surface area contributed by atoms with E-state index in [1.165, 1.54) is 0 Å². The van der Waals surface area contributed by atoms with E-state index in [0.29, 0.717) is 0 Å². The third kappa shape index (κ3) is 2.79. The first-order valence-corrected chi connectivity index (χ1v) is 5.60. The number of H-pyrrole nitrogens is 1. The van der Waals surface area contributed by atoms with E-state index in [9.17, 15) is 0 Å². The predicted molar refractivity (Wildman–Crippen MR) is 68.3 cm³/mol. The molecule has 1 unspecified atom stereocenters. The van der Waals surface area contributed by atoms with Crippen LogP contribution in [-0.2, 0) is 6.54 Å². The van der Waals surface area contributed by atoms with Crippen LogP contribution in [-0.4, -0.2) is 21.2 Å². The summed E-state index contributed by atoms with van der Waals surface area (Å²) in [4.78, 5) is 4.11. The van der Waals surface area contributed by atoms with Crippen molar-refractivity contribution in [3.05, 3.63) is 48.9 Å². The molecule has 88 valence electrons. The van der Waals surface area contributed by atoms with E-state index < -0.39 is 0 Å². The highest BCUT2D eigenvalue weighted by molar-refractivity contribution is 5.61. The molecule has 2 aromatic heterocycles. The molecule has 4 heteroatoms. The minimum Gasteiger partial charge on any atom is -0.307 e. The van der Waals surface area contributed by atoms with Crippen molar-refractivity contribution in [1.29, 1.82) is 0 Å². The van der Waals surface area contributed by atoms with Gasteiger partial charge in [0, 0.05) is 36.1 Å². The van der Waals surface area contributed by atoms with Crippen molar-refractivity contribution in [2.24, 2.45) is 0 Å². The third-order valence-corrected chi connectivity index (χ3v) is 2.64. The van der Waals surface area contributed by atoms with E-state index in [1.807, 2.05) is 30.6 Å². The van der Waals surface area contributed by atoms with Gasteiger partial charge in [-0.25, -0.2) is 0 Å². The number of hydrogen-bond acceptors (Lipinski definition) is 3. The van der Waals surface area contributed by atoms with Gasteiger partial charge in [-0.3, -0.25) is 10.1 Å². The molecule has 0 saturated carbocycles. The Kier molecular flexibility index (Phi) is 3.67. The van der Waals surface area contributed by atoms with Crippen LogP contribution < -0.4 is 5.32 Å². The lowest BCUT2D eigenvalue weighted by molar-refractivity contribution is 0.635. The van der Waals surface area contributed by atoms with Crippen molar-refractivity contribution in [3.63, 3.8) is 0 Å². The maximum Gasteiger partial charge on any atom is 0.0710 e. The number of rotatable bonds is 5. The van der Waals surface area contributed by atoms with Crippen LogP contribution in [0.5, 0.6) is 0 Å². The largest absolute Gasteiger partial charge is 0.307 e. The fourth-order valence-electron chi connectivity index (χ4n) is 1.56. The summed E-state index contributed by atoms with van der Waals surface area (Å²) in [5.41, 5.74) is 3.20. The lowest BCUT2D eigenvalue weighted by Gasteiger charge is -2.08. The Morgan fingerprint density at radius 2 is 2.41 bits per heavy atom. The molecule has 0 saturated heterocycles. The Bertz CT molecular complexity index is 475. The summed E-state index contributed by atoms with van der Waals surface area (Å²) in [5, 5.41) is 10.4. The summed E-state index contributed by atoms with van der Waals surface area (Å²) in [6.45, 7) is 6.57. The van der Waals surface area contributed by atoms with Crippen molar-refractivity contribution in [3.8, 4) is 11.3 Å². The van der Waals surface area contributed by atoms with E-state index in [4.69, 9.17) is 0 Å². The van der Waals surface area contributed by atoms with Gasteiger partial charge in [0.25, 0.3) is 0 Å². The molecule has 2 aromatic rings. The first kappa shape index (κ1) is 11.5. The summed E-state index contributed by atoms with van der Waals surface area (Å²) in [6.07, 6.45) is 7.31. The Morgan fingerprint density at radius 3 is 3.12 bits per heavy atom. The number of pyridine rings is 1. The zero-order valence-corrected chi connectivity index (χ0v) is 9.85. The van der Waals surface area contributed by atoms with E-state index in [-0.39, 0.29) is 6.04 Å². The van der Waals surface area contributed by atoms with Crippen molar-refractivity contribution < 1.29 is 0 Å². The van der Waals surface area contributed by atoms with Crippen LogP contribution in [0.3, 0.4) is 0 Å². The maximum atomic E-state index is 4.11. The molecule has 2 rings (SSSR count). The highest BCUT2D eigenvalue weighted by Gasteiger charge is 2.07. The van der Waals surface area contributed by atoms with Gasteiger partial charge in [0.05, 0.1) is 11.9 Å². The molecular weight excluding hydrogens is 212 g/mol. The molecule has 0 spiro atoms. The second kappa shape index (κ2) is 5.41. The Labute approximate surface area is 101 Å². The van der Waals surface area contributed by atoms with Gasteiger partial charge in [-0.2, -0.15) is 5.10 Å². The summed E-state index contributed by atoms with van der Waals surface area (Å²) in [5.74, 6) is 0. The molecule has 0 radical (unpaired) electrons. The van der Waals surface area contributed by atoms with E-state index in [2.05, 4.69) is 34.0 Å². The molecule has 2 N–H and O–H groups in total. The lowest BCUT2D eigenvalue weighted by atomic mass is 10.1. The molecule has 0 aliphatic rings. The lowest BCUT2D eigenvalue weighted by Crippen LogP contribution is -2.22. The average Bonchev–Trinajstić information content (AvgIpc) is 2.85. The van der Waals surface area contributed by atoms with Crippen LogP contribution in [0.1, 0.15) is 12.5 Å². The summed E-state index contributed by atoms with van der Waals surface area (Å²) in [6, 6.07) is 4.22. The Hall–Kier alpha value is -1.94. The zero-order chi connectivity index (χ0) is 12.1. The van der Waals surface area contributed by atoms with Gasteiger partial charge in [-0.05, 0) is 19.1 Å². The topological polar surface area (TPSA) is 53.6 Å². The first-order valence-electron chi connectivity index (χ1n) is 5.60. The number of aromatic amines is 1. The molecule has 17 heavy (non-hydrogen) atoms. The smallest absolute Gasteiger partial charge is 0.0710 e. The second-order valence-electron chi connectivity index (χ2n) is 3.92. The van der Waals surface area contributed by atoms with E-state index in [0.717, 1.165) is 23.4 Å². The SMILES string of the molecule is C=CC(C)NCc1cn[nH]c1-c1cccnc1. The van der Waals surface area contributed by atoms with Gasteiger partial charge in [0.15, 0.2) is 0 Å². The van der Waals surface area contributed by atoms with Crippen LogP contribution in [0, 0.1) is 0 Å². The van der Waals surface area contributed by atoms with E-state index >= 15 is 0 Å². The van der Waals surface area contributed by atoms with Crippen molar-refractivity contribution in [2.75, 3.05) is 0 Å². The normalized spacial score (nSPS) is 12.3. The third-order valence-electron chi connectivity index (χ3n) is 2.64. The van der Waals surface area contributed by atoms with E-state index in [1.54, 1.807) is 6.20 Å². The molecule has 0 amide bonds. The fraction of sp³-hybridized carbons (Fsp3) is 0.231. The minimum absolute atomic E-state index is 0.284. The summed E-state index contributed by atoms with van der Waals surface area (Å²) < 4.78 is 0.